The highest BCUT2D eigenvalue weighted by Gasteiger charge is 2.11. The van der Waals surface area contributed by atoms with Crippen LogP contribution in [0, 0.1) is 6.92 Å². The molecule has 0 fully saturated rings. The van der Waals surface area contributed by atoms with Gasteiger partial charge in [0, 0.05) is 12.4 Å². The average molecular weight is 245 g/mol. The molecular formula is C13H15N3O2. The highest BCUT2D eigenvalue weighted by Crippen LogP contribution is 2.21. The Kier molecular flexibility index (Phi) is 3.62. The third kappa shape index (κ3) is 2.68. The Bertz CT molecular complexity index is 535. The van der Waals surface area contributed by atoms with Gasteiger partial charge in [-0.25, -0.2) is 4.98 Å². The molecule has 0 radical (unpaired) electrons. The fraction of sp³-hybridized carbons (Fsp3) is 0.231. The number of carbonyl (C=O) groups excluding carboxylic acids is 1. The van der Waals surface area contributed by atoms with E-state index >= 15 is 0 Å². The second-order valence-electron chi connectivity index (χ2n) is 3.96. The van der Waals surface area contributed by atoms with Crippen molar-refractivity contribution in [3.05, 3.63) is 48.0 Å². The summed E-state index contributed by atoms with van der Waals surface area (Å²) in [4.78, 5) is 15.3. The maximum absolute atomic E-state index is 11.4. The van der Waals surface area contributed by atoms with E-state index in [1.54, 1.807) is 18.6 Å². The normalized spacial score (nSPS) is 10.3. The van der Waals surface area contributed by atoms with Crippen molar-refractivity contribution < 1.29 is 9.53 Å². The minimum absolute atomic E-state index is 0.447. The zero-order valence-corrected chi connectivity index (χ0v) is 10.2. The van der Waals surface area contributed by atoms with Crippen molar-refractivity contribution in [2.45, 2.75) is 13.5 Å². The van der Waals surface area contributed by atoms with Crippen LogP contribution in [0.15, 0.2) is 36.9 Å². The number of rotatable bonds is 5. The molecule has 0 atom stereocenters. The second kappa shape index (κ2) is 5.35. The van der Waals surface area contributed by atoms with Crippen LogP contribution in [-0.2, 0) is 6.54 Å². The lowest BCUT2D eigenvalue weighted by atomic mass is 10.1. The van der Waals surface area contributed by atoms with Crippen molar-refractivity contribution in [1.82, 2.24) is 9.55 Å². The molecule has 1 aromatic carbocycles. The van der Waals surface area contributed by atoms with E-state index in [0.717, 1.165) is 5.56 Å². The van der Waals surface area contributed by atoms with E-state index in [1.165, 1.54) is 0 Å². The molecule has 2 N–H and O–H groups in total. The number of ether oxygens (including phenoxy) is 1. The Balaban J connectivity index is 2.05. The van der Waals surface area contributed by atoms with Gasteiger partial charge in [-0.3, -0.25) is 4.79 Å². The van der Waals surface area contributed by atoms with Crippen molar-refractivity contribution in [2.24, 2.45) is 5.73 Å². The zero-order chi connectivity index (χ0) is 13.0. The number of hydrogen-bond acceptors (Lipinski definition) is 3. The van der Waals surface area contributed by atoms with Crippen LogP contribution >= 0.6 is 0 Å². The molecule has 0 saturated carbocycles. The number of nitrogens with two attached hydrogens (primary N) is 1. The first-order valence-electron chi connectivity index (χ1n) is 5.66. The van der Waals surface area contributed by atoms with Crippen LogP contribution in [0.3, 0.4) is 0 Å². The summed E-state index contributed by atoms with van der Waals surface area (Å²) in [5, 5.41) is 0. The number of hydrogen-bond donors (Lipinski definition) is 1. The maximum atomic E-state index is 11.4. The monoisotopic (exact) mass is 245 g/mol. The van der Waals surface area contributed by atoms with Crippen LogP contribution in [0.5, 0.6) is 5.75 Å². The Labute approximate surface area is 105 Å². The topological polar surface area (TPSA) is 70.1 Å². The predicted octanol–water partition coefficient (Wildman–Crippen LogP) is 1.37. The molecule has 1 amide bonds. The van der Waals surface area contributed by atoms with Crippen LogP contribution in [-0.4, -0.2) is 22.1 Å². The van der Waals surface area contributed by atoms with Gasteiger partial charge in [0.05, 0.1) is 18.4 Å². The van der Waals surface area contributed by atoms with Gasteiger partial charge in [-0.1, -0.05) is 12.1 Å². The third-order valence-corrected chi connectivity index (χ3v) is 2.65. The van der Waals surface area contributed by atoms with Gasteiger partial charge < -0.3 is 15.0 Å². The van der Waals surface area contributed by atoms with Gasteiger partial charge >= 0.3 is 0 Å². The highest BCUT2D eigenvalue weighted by atomic mass is 16.5. The largest absolute Gasteiger partial charge is 0.491 e. The SMILES string of the molecule is Cc1cccc(OCCn2ccnc2)c1C(N)=O. The van der Waals surface area contributed by atoms with E-state index < -0.39 is 5.91 Å². The average Bonchev–Trinajstić information content (AvgIpc) is 2.81. The van der Waals surface area contributed by atoms with Crippen molar-refractivity contribution in [3.63, 3.8) is 0 Å². The Hall–Kier alpha value is -2.30. The summed E-state index contributed by atoms with van der Waals surface area (Å²) in [6.07, 6.45) is 5.28. The fourth-order valence-corrected chi connectivity index (χ4v) is 1.76. The highest BCUT2D eigenvalue weighted by molar-refractivity contribution is 5.97. The first-order valence-corrected chi connectivity index (χ1v) is 5.66. The van der Waals surface area contributed by atoms with E-state index in [2.05, 4.69) is 4.98 Å². The molecule has 0 aliphatic carbocycles. The standard InChI is InChI=1S/C13H15N3O2/c1-10-3-2-4-11(12(10)13(14)17)18-8-7-16-6-5-15-9-16/h2-6,9H,7-8H2,1H3,(H2,14,17). The molecule has 5 nitrogen and oxygen atoms in total. The van der Waals surface area contributed by atoms with Crippen LogP contribution in [0.4, 0.5) is 0 Å². The Morgan fingerprint density at radius 2 is 2.33 bits per heavy atom. The van der Waals surface area contributed by atoms with Crippen molar-refractivity contribution in [2.75, 3.05) is 6.61 Å². The molecular weight excluding hydrogens is 230 g/mol. The summed E-state index contributed by atoms with van der Waals surface area (Å²) in [5.74, 6) is 0.0633. The van der Waals surface area contributed by atoms with Crippen LogP contribution in [0.2, 0.25) is 0 Å². The fourth-order valence-electron chi connectivity index (χ4n) is 1.76. The second-order valence-corrected chi connectivity index (χ2v) is 3.96. The minimum atomic E-state index is -0.467. The van der Waals surface area contributed by atoms with Crippen molar-refractivity contribution in [3.8, 4) is 5.75 Å². The van der Waals surface area contributed by atoms with E-state index in [4.69, 9.17) is 10.5 Å². The molecule has 0 aliphatic rings. The van der Waals surface area contributed by atoms with Gasteiger partial charge in [0.15, 0.2) is 0 Å². The lowest BCUT2D eigenvalue weighted by Crippen LogP contribution is -2.16. The van der Waals surface area contributed by atoms with E-state index in [1.807, 2.05) is 29.8 Å². The van der Waals surface area contributed by atoms with E-state index in [9.17, 15) is 4.79 Å². The lowest BCUT2D eigenvalue weighted by Gasteiger charge is -2.11. The molecule has 2 aromatic rings. The number of aromatic nitrogens is 2. The molecule has 94 valence electrons. The molecule has 1 heterocycles. The first-order chi connectivity index (χ1) is 8.68. The summed E-state index contributed by atoms with van der Waals surface area (Å²) < 4.78 is 7.51. The summed E-state index contributed by atoms with van der Waals surface area (Å²) in [6.45, 7) is 2.97. The minimum Gasteiger partial charge on any atom is -0.491 e. The quantitative estimate of drug-likeness (QED) is 0.864. The van der Waals surface area contributed by atoms with Gasteiger partial charge in [0.1, 0.15) is 12.4 Å². The summed E-state index contributed by atoms with van der Waals surface area (Å²) in [6, 6.07) is 5.43. The molecule has 0 spiro atoms. The molecule has 0 unspecified atom stereocenters. The molecule has 1 aromatic heterocycles. The maximum Gasteiger partial charge on any atom is 0.252 e. The van der Waals surface area contributed by atoms with Crippen molar-refractivity contribution in [1.29, 1.82) is 0 Å². The third-order valence-electron chi connectivity index (χ3n) is 2.65. The first kappa shape index (κ1) is 12.2. The molecule has 2 rings (SSSR count). The molecule has 18 heavy (non-hydrogen) atoms. The number of benzene rings is 1. The summed E-state index contributed by atoms with van der Waals surface area (Å²) in [5.41, 5.74) is 6.62. The van der Waals surface area contributed by atoms with Gasteiger partial charge in [-0.15, -0.1) is 0 Å². The molecule has 0 aliphatic heterocycles. The Morgan fingerprint density at radius 3 is 3.00 bits per heavy atom. The van der Waals surface area contributed by atoms with Crippen LogP contribution in [0.25, 0.3) is 0 Å². The number of amides is 1. The molecule has 0 saturated heterocycles. The van der Waals surface area contributed by atoms with Crippen molar-refractivity contribution >= 4 is 5.91 Å². The van der Waals surface area contributed by atoms with Gasteiger partial charge in [-0.2, -0.15) is 0 Å². The van der Waals surface area contributed by atoms with E-state index in [-0.39, 0.29) is 0 Å². The summed E-state index contributed by atoms with van der Waals surface area (Å²) in [7, 11) is 0. The number of nitrogens with zero attached hydrogens (tertiary/aromatic N) is 2. The predicted molar refractivity (Wildman–Crippen MR) is 67.4 cm³/mol. The molecule has 0 bridgehead atoms. The van der Waals surface area contributed by atoms with Gasteiger partial charge in [0.2, 0.25) is 0 Å². The number of carbonyl (C=O) groups is 1. The zero-order valence-electron chi connectivity index (χ0n) is 10.2. The lowest BCUT2D eigenvalue weighted by molar-refractivity contribution is 0.0995. The number of imidazole rings is 1. The Morgan fingerprint density at radius 1 is 1.50 bits per heavy atom. The van der Waals surface area contributed by atoms with Crippen LogP contribution in [0.1, 0.15) is 15.9 Å². The van der Waals surface area contributed by atoms with Gasteiger partial charge in [0.25, 0.3) is 5.91 Å². The molecule has 5 heteroatoms. The summed E-state index contributed by atoms with van der Waals surface area (Å²) >= 11 is 0. The van der Waals surface area contributed by atoms with E-state index in [0.29, 0.717) is 24.5 Å². The van der Waals surface area contributed by atoms with Crippen LogP contribution < -0.4 is 10.5 Å². The van der Waals surface area contributed by atoms with Gasteiger partial charge in [-0.05, 0) is 18.6 Å². The smallest absolute Gasteiger partial charge is 0.252 e. The number of aryl methyl sites for hydroxylation is 1. The number of primary amides is 1.